The van der Waals surface area contributed by atoms with Crippen molar-refractivity contribution >= 4 is 28.8 Å². The molecule has 3 nitrogen and oxygen atoms in total. The number of halogens is 1. The van der Waals surface area contributed by atoms with Crippen LogP contribution in [0.2, 0.25) is 5.02 Å². The third kappa shape index (κ3) is 4.78. The largest absolute Gasteiger partial charge is 0.375 e. The van der Waals surface area contributed by atoms with Gasteiger partial charge in [-0.05, 0) is 30.0 Å². The Bertz CT molecular complexity index is 517. The lowest BCUT2D eigenvalue weighted by Crippen LogP contribution is -2.05. The average molecular weight is 311 g/mol. The van der Waals surface area contributed by atoms with Gasteiger partial charge in [0.2, 0.25) is 0 Å². The maximum Gasteiger partial charge on any atom is 0.126 e. The van der Waals surface area contributed by atoms with Crippen LogP contribution in [0.15, 0.2) is 29.6 Å². The van der Waals surface area contributed by atoms with Crippen LogP contribution in [-0.4, -0.2) is 18.1 Å². The van der Waals surface area contributed by atoms with Gasteiger partial charge in [-0.3, -0.25) is 0 Å². The molecule has 2 aromatic rings. The van der Waals surface area contributed by atoms with Gasteiger partial charge < -0.3 is 10.1 Å². The van der Waals surface area contributed by atoms with E-state index in [1.54, 1.807) is 11.3 Å². The Morgan fingerprint density at radius 3 is 3.00 bits per heavy atom. The minimum absolute atomic E-state index is 0.450. The third-order valence-electron chi connectivity index (χ3n) is 2.79. The van der Waals surface area contributed by atoms with E-state index in [-0.39, 0.29) is 0 Å². The molecule has 0 spiro atoms. The SMILES string of the molecule is CCCNc1ccc(Cl)c(COCCc2cccs2)n1. The Hall–Kier alpha value is -1.10. The lowest BCUT2D eigenvalue weighted by molar-refractivity contribution is 0.122. The zero-order valence-corrected chi connectivity index (χ0v) is 13.1. The van der Waals surface area contributed by atoms with Crippen LogP contribution in [0.4, 0.5) is 5.82 Å². The predicted octanol–water partition coefficient (Wildman–Crippen LogP) is 4.38. The van der Waals surface area contributed by atoms with Gasteiger partial charge >= 0.3 is 0 Å². The van der Waals surface area contributed by atoms with Crippen molar-refractivity contribution in [2.24, 2.45) is 0 Å². The molecule has 0 amide bonds. The molecular weight excluding hydrogens is 292 g/mol. The molecule has 5 heteroatoms. The molecule has 0 aliphatic rings. The first-order chi connectivity index (χ1) is 9.79. The molecule has 0 fully saturated rings. The molecule has 1 N–H and O–H groups in total. The molecule has 2 aromatic heterocycles. The summed E-state index contributed by atoms with van der Waals surface area (Å²) in [4.78, 5) is 5.81. The number of rotatable bonds is 8. The van der Waals surface area contributed by atoms with E-state index in [4.69, 9.17) is 16.3 Å². The van der Waals surface area contributed by atoms with E-state index in [1.807, 2.05) is 12.1 Å². The number of ether oxygens (including phenoxy) is 1. The quantitative estimate of drug-likeness (QED) is 0.735. The topological polar surface area (TPSA) is 34.1 Å². The summed E-state index contributed by atoms with van der Waals surface area (Å²) < 4.78 is 5.67. The van der Waals surface area contributed by atoms with E-state index in [9.17, 15) is 0 Å². The van der Waals surface area contributed by atoms with Crippen molar-refractivity contribution < 1.29 is 4.74 Å². The summed E-state index contributed by atoms with van der Waals surface area (Å²) in [6.45, 7) is 4.17. The summed E-state index contributed by atoms with van der Waals surface area (Å²) in [5.41, 5.74) is 0.791. The lowest BCUT2D eigenvalue weighted by atomic mass is 10.3. The van der Waals surface area contributed by atoms with Gasteiger partial charge in [0.1, 0.15) is 5.82 Å². The van der Waals surface area contributed by atoms with Gasteiger partial charge in [0.25, 0.3) is 0 Å². The zero-order valence-electron chi connectivity index (χ0n) is 11.6. The first kappa shape index (κ1) is 15.3. The van der Waals surface area contributed by atoms with Gasteiger partial charge in [0, 0.05) is 17.8 Å². The fourth-order valence-corrected chi connectivity index (χ4v) is 2.58. The zero-order chi connectivity index (χ0) is 14.2. The van der Waals surface area contributed by atoms with E-state index in [1.165, 1.54) is 4.88 Å². The number of thiophene rings is 1. The minimum Gasteiger partial charge on any atom is -0.375 e. The third-order valence-corrected chi connectivity index (χ3v) is 4.07. The standard InChI is InChI=1S/C15H19ClN2OS/c1-2-8-17-15-6-5-13(16)14(18-15)11-19-9-7-12-4-3-10-20-12/h3-6,10H,2,7-9,11H2,1H3,(H,17,18). The summed E-state index contributed by atoms with van der Waals surface area (Å²) >= 11 is 7.89. The number of hydrogen-bond acceptors (Lipinski definition) is 4. The molecule has 2 heterocycles. The Morgan fingerprint density at radius 1 is 1.35 bits per heavy atom. The van der Waals surface area contributed by atoms with Gasteiger partial charge in [-0.2, -0.15) is 0 Å². The van der Waals surface area contributed by atoms with E-state index >= 15 is 0 Å². The number of hydrogen-bond donors (Lipinski definition) is 1. The molecular formula is C15H19ClN2OS. The monoisotopic (exact) mass is 310 g/mol. The summed E-state index contributed by atoms with van der Waals surface area (Å²) in [6, 6.07) is 7.94. The van der Waals surface area contributed by atoms with Crippen molar-refractivity contribution in [3.05, 3.63) is 45.2 Å². The van der Waals surface area contributed by atoms with Gasteiger partial charge in [-0.1, -0.05) is 24.6 Å². The summed E-state index contributed by atoms with van der Waals surface area (Å²) in [5.74, 6) is 0.855. The molecule has 0 aromatic carbocycles. The predicted molar refractivity (Wildman–Crippen MR) is 85.7 cm³/mol. The van der Waals surface area contributed by atoms with Crippen molar-refractivity contribution in [1.29, 1.82) is 0 Å². The molecule has 2 rings (SSSR count). The van der Waals surface area contributed by atoms with Crippen LogP contribution in [0.5, 0.6) is 0 Å². The molecule has 20 heavy (non-hydrogen) atoms. The Balaban J connectivity index is 1.81. The molecule has 0 saturated heterocycles. The second-order valence-corrected chi connectivity index (χ2v) is 5.87. The molecule has 0 aliphatic heterocycles. The normalized spacial score (nSPS) is 10.7. The van der Waals surface area contributed by atoms with Crippen LogP contribution >= 0.6 is 22.9 Å². The van der Waals surface area contributed by atoms with E-state index < -0.39 is 0 Å². The number of pyridine rings is 1. The molecule has 0 saturated carbocycles. The Labute approximate surface area is 129 Å². The van der Waals surface area contributed by atoms with Crippen LogP contribution in [0.1, 0.15) is 23.9 Å². The van der Waals surface area contributed by atoms with Gasteiger partial charge in [0.05, 0.1) is 23.9 Å². The highest BCUT2D eigenvalue weighted by molar-refractivity contribution is 7.09. The van der Waals surface area contributed by atoms with Crippen LogP contribution < -0.4 is 5.32 Å². The molecule has 0 unspecified atom stereocenters. The number of anilines is 1. The second-order valence-electron chi connectivity index (χ2n) is 4.43. The lowest BCUT2D eigenvalue weighted by Gasteiger charge is -2.09. The molecule has 0 atom stereocenters. The molecule has 0 aliphatic carbocycles. The van der Waals surface area contributed by atoms with Gasteiger partial charge in [-0.15, -0.1) is 11.3 Å². The molecule has 108 valence electrons. The maximum atomic E-state index is 6.14. The number of aromatic nitrogens is 1. The van der Waals surface area contributed by atoms with Gasteiger partial charge in [0.15, 0.2) is 0 Å². The first-order valence-corrected chi connectivity index (χ1v) is 8.04. The van der Waals surface area contributed by atoms with E-state index in [2.05, 4.69) is 34.7 Å². The van der Waals surface area contributed by atoms with E-state index in [0.717, 1.165) is 30.9 Å². The van der Waals surface area contributed by atoms with Crippen LogP contribution in [0.25, 0.3) is 0 Å². The Morgan fingerprint density at radius 2 is 2.25 bits per heavy atom. The van der Waals surface area contributed by atoms with Gasteiger partial charge in [-0.25, -0.2) is 4.98 Å². The van der Waals surface area contributed by atoms with Crippen LogP contribution in [0.3, 0.4) is 0 Å². The van der Waals surface area contributed by atoms with Crippen LogP contribution in [-0.2, 0) is 17.8 Å². The highest BCUT2D eigenvalue weighted by Gasteiger charge is 2.04. The number of nitrogens with one attached hydrogen (secondary N) is 1. The second kappa shape index (κ2) is 8.25. The summed E-state index contributed by atoms with van der Waals surface area (Å²) in [6.07, 6.45) is 2.00. The maximum absolute atomic E-state index is 6.14. The summed E-state index contributed by atoms with van der Waals surface area (Å²) in [5, 5.41) is 5.99. The first-order valence-electron chi connectivity index (χ1n) is 6.79. The fraction of sp³-hybridized carbons (Fsp3) is 0.400. The minimum atomic E-state index is 0.450. The van der Waals surface area contributed by atoms with Crippen molar-refractivity contribution in [2.45, 2.75) is 26.4 Å². The molecule has 0 radical (unpaired) electrons. The van der Waals surface area contributed by atoms with Crippen LogP contribution in [0, 0.1) is 0 Å². The molecule has 0 bridgehead atoms. The fourth-order valence-electron chi connectivity index (χ4n) is 1.73. The number of nitrogens with zero attached hydrogens (tertiary/aromatic N) is 1. The van der Waals surface area contributed by atoms with Crippen molar-refractivity contribution in [3.8, 4) is 0 Å². The Kier molecular flexibility index (Phi) is 6.30. The van der Waals surface area contributed by atoms with Crippen molar-refractivity contribution in [2.75, 3.05) is 18.5 Å². The average Bonchev–Trinajstić information content (AvgIpc) is 2.97. The smallest absolute Gasteiger partial charge is 0.126 e. The highest BCUT2D eigenvalue weighted by atomic mass is 35.5. The van der Waals surface area contributed by atoms with Crippen molar-refractivity contribution in [1.82, 2.24) is 4.98 Å². The van der Waals surface area contributed by atoms with E-state index in [0.29, 0.717) is 18.2 Å². The highest BCUT2D eigenvalue weighted by Crippen LogP contribution is 2.18. The summed E-state index contributed by atoms with van der Waals surface area (Å²) in [7, 11) is 0. The van der Waals surface area contributed by atoms with Crippen molar-refractivity contribution in [3.63, 3.8) is 0 Å².